The average molecular weight is 547 g/mol. The van der Waals surface area contributed by atoms with Crippen LogP contribution >= 0.6 is 0 Å². The van der Waals surface area contributed by atoms with Gasteiger partial charge in [-0.05, 0) is 48.6 Å². The van der Waals surface area contributed by atoms with Gasteiger partial charge < -0.3 is 25.1 Å². The lowest BCUT2D eigenvalue weighted by molar-refractivity contribution is -0.155. The molecule has 2 fully saturated rings. The number of carbonyl (C=O) groups excluding carboxylic acids is 1. The fourth-order valence-electron chi connectivity index (χ4n) is 5.11. The second-order valence-corrected chi connectivity index (χ2v) is 12.8. The molecule has 2 aromatic rings. The van der Waals surface area contributed by atoms with Crippen molar-refractivity contribution < 1.29 is 32.5 Å². The minimum Gasteiger partial charge on any atom is -0.458 e. The van der Waals surface area contributed by atoms with Crippen LogP contribution in [0.25, 0.3) is 0 Å². The molecule has 4 rings (SSSR count). The zero-order valence-corrected chi connectivity index (χ0v) is 22.8. The molecule has 2 aliphatic rings. The highest BCUT2D eigenvalue weighted by atomic mass is 32.2. The van der Waals surface area contributed by atoms with Crippen molar-refractivity contribution >= 4 is 21.5 Å². The van der Waals surface area contributed by atoms with Crippen LogP contribution < -0.4 is 5.73 Å². The molecular weight excluding hydrogens is 508 g/mol. The first-order valence-electron chi connectivity index (χ1n) is 13.1. The number of esters is 1. The molecule has 10 heteroatoms. The molecule has 2 heterocycles. The Kier molecular flexibility index (Phi) is 9.43. The molecule has 2 aromatic carbocycles. The number of rotatable bonds is 12. The summed E-state index contributed by atoms with van der Waals surface area (Å²) in [6.07, 6.45) is -0.873. The van der Waals surface area contributed by atoms with Crippen molar-refractivity contribution in [2.24, 2.45) is 11.8 Å². The van der Waals surface area contributed by atoms with Gasteiger partial charge in [0.2, 0.25) is 0 Å². The number of aliphatic hydroxyl groups is 1. The predicted octanol–water partition coefficient (Wildman–Crippen LogP) is 2.97. The summed E-state index contributed by atoms with van der Waals surface area (Å²) >= 11 is 0. The normalized spacial score (nSPS) is 22.9. The van der Waals surface area contributed by atoms with E-state index in [0.717, 1.165) is 12.0 Å². The van der Waals surface area contributed by atoms with Gasteiger partial charge in [-0.2, -0.15) is 0 Å². The predicted molar refractivity (Wildman–Crippen MR) is 142 cm³/mol. The van der Waals surface area contributed by atoms with E-state index in [4.69, 9.17) is 19.9 Å². The molecule has 9 nitrogen and oxygen atoms in total. The number of carbonyl (C=O) groups is 1. The van der Waals surface area contributed by atoms with Crippen LogP contribution in [0.2, 0.25) is 0 Å². The number of aliphatic hydroxyl groups excluding tert-OH is 1. The van der Waals surface area contributed by atoms with Gasteiger partial charge in [0.15, 0.2) is 16.1 Å². The first kappa shape index (κ1) is 28.5. The Balaban J connectivity index is 1.51. The van der Waals surface area contributed by atoms with Gasteiger partial charge in [0, 0.05) is 18.7 Å². The number of nitrogens with zero attached hydrogens (tertiary/aromatic N) is 1. The second-order valence-electron chi connectivity index (χ2n) is 10.5. The number of ether oxygens (including phenoxy) is 3. The summed E-state index contributed by atoms with van der Waals surface area (Å²) < 4.78 is 44.0. The van der Waals surface area contributed by atoms with Crippen LogP contribution in [0.1, 0.15) is 38.7 Å². The van der Waals surface area contributed by atoms with Crippen LogP contribution in [-0.2, 0) is 35.4 Å². The molecule has 0 aliphatic carbocycles. The van der Waals surface area contributed by atoms with E-state index in [1.165, 1.54) is 12.1 Å². The summed E-state index contributed by atoms with van der Waals surface area (Å²) in [6, 6.07) is 15.5. The highest BCUT2D eigenvalue weighted by molar-refractivity contribution is 7.92. The van der Waals surface area contributed by atoms with E-state index in [1.54, 1.807) is 17.0 Å². The van der Waals surface area contributed by atoms with E-state index in [2.05, 4.69) is 0 Å². The molecule has 0 bridgehead atoms. The van der Waals surface area contributed by atoms with Gasteiger partial charge in [0.25, 0.3) is 0 Å². The van der Waals surface area contributed by atoms with E-state index in [9.17, 15) is 18.3 Å². The average Bonchev–Trinajstić information content (AvgIpc) is 3.49. The van der Waals surface area contributed by atoms with Crippen LogP contribution in [0.4, 0.5) is 5.69 Å². The Hall–Kier alpha value is -2.50. The summed E-state index contributed by atoms with van der Waals surface area (Å²) in [6.45, 7) is 4.80. The topological polar surface area (TPSA) is 128 Å². The monoisotopic (exact) mass is 546 g/mol. The van der Waals surface area contributed by atoms with Crippen molar-refractivity contribution in [2.45, 2.75) is 68.4 Å². The third-order valence-corrected chi connectivity index (χ3v) is 9.30. The van der Waals surface area contributed by atoms with E-state index >= 15 is 0 Å². The molecule has 5 atom stereocenters. The molecule has 2 saturated heterocycles. The van der Waals surface area contributed by atoms with Crippen molar-refractivity contribution in [3.8, 4) is 0 Å². The molecule has 208 valence electrons. The lowest BCUT2D eigenvalue weighted by Gasteiger charge is -2.31. The Morgan fingerprint density at radius 1 is 1.11 bits per heavy atom. The lowest BCUT2D eigenvalue weighted by atomic mass is 10.0. The maximum absolute atomic E-state index is 13.6. The molecule has 0 radical (unpaired) electrons. The van der Waals surface area contributed by atoms with Gasteiger partial charge in [-0.1, -0.05) is 44.2 Å². The standard InChI is InChI=1S/C28H38N2O7S/c1-19(2)14-23(38(33,34)22-10-8-21(29)9-11-22)15-26(31)30(16-20-6-4-3-5-7-20)17-27(32)37-25-18-36-28-24(25)12-13-35-28/h3-11,19,23-26,28,31H,12-18,29H2,1-2H3/t23?,24-,25-,26+,28+/m0/s1. The van der Waals surface area contributed by atoms with Crippen LogP contribution in [0.3, 0.4) is 0 Å². The summed E-state index contributed by atoms with van der Waals surface area (Å²) in [4.78, 5) is 14.7. The van der Waals surface area contributed by atoms with E-state index in [0.29, 0.717) is 18.7 Å². The Morgan fingerprint density at radius 3 is 2.50 bits per heavy atom. The molecular formula is C28H38N2O7S. The summed E-state index contributed by atoms with van der Waals surface area (Å²) in [5.74, 6) is -0.415. The van der Waals surface area contributed by atoms with Crippen molar-refractivity contribution in [3.05, 3.63) is 60.2 Å². The summed E-state index contributed by atoms with van der Waals surface area (Å²) in [7, 11) is -3.76. The van der Waals surface area contributed by atoms with Crippen molar-refractivity contribution in [2.75, 3.05) is 25.5 Å². The minimum atomic E-state index is -3.76. The number of benzene rings is 2. The molecule has 1 unspecified atom stereocenters. The van der Waals surface area contributed by atoms with Crippen molar-refractivity contribution in [3.63, 3.8) is 0 Å². The molecule has 0 spiro atoms. The third-order valence-electron chi connectivity index (χ3n) is 7.11. The van der Waals surface area contributed by atoms with Gasteiger partial charge >= 0.3 is 5.97 Å². The molecule has 0 amide bonds. The highest BCUT2D eigenvalue weighted by Crippen LogP contribution is 2.33. The lowest BCUT2D eigenvalue weighted by Crippen LogP contribution is -2.43. The maximum Gasteiger partial charge on any atom is 0.320 e. The van der Waals surface area contributed by atoms with E-state index in [-0.39, 0.29) is 49.1 Å². The quantitative estimate of drug-likeness (QED) is 0.235. The Bertz CT molecular complexity index is 1160. The van der Waals surface area contributed by atoms with Gasteiger partial charge in [0.05, 0.1) is 35.8 Å². The first-order chi connectivity index (χ1) is 18.1. The van der Waals surface area contributed by atoms with Crippen LogP contribution in [0.5, 0.6) is 0 Å². The van der Waals surface area contributed by atoms with Crippen LogP contribution in [0, 0.1) is 11.8 Å². The van der Waals surface area contributed by atoms with E-state index in [1.807, 2.05) is 44.2 Å². The van der Waals surface area contributed by atoms with Gasteiger partial charge in [-0.25, -0.2) is 8.42 Å². The molecule has 0 saturated carbocycles. The number of fused-ring (bicyclic) bond motifs is 1. The molecule has 3 N–H and O–H groups in total. The van der Waals surface area contributed by atoms with E-state index < -0.39 is 33.4 Å². The van der Waals surface area contributed by atoms with Crippen molar-refractivity contribution in [1.29, 1.82) is 0 Å². The summed E-state index contributed by atoms with van der Waals surface area (Å²) in [5.41, 5.74) is 7.11. The largest absolute Gasteiger partial charge is 0.458 e. The highest BCUT2D eigenvalue weighted by Gasteiger charge is 2.44. The first-order valence-corrected chi connectivity index (χ1v) is 14.7. The minimum absolute atomic E-state index is 0.00641. The van der Waals surface area contributed by atoms with Crippen molar-refractivity contribution in [1.82, 2.24) is 4.90 Å². The zero-order chi connectivity index (χ0) is 27.3. The molecule has 0 aromatic heterocycles. The Labute approximate surface area is 224 Å². The fraction of sp³-hybridized carbons (Fsp3) is 0.536. The Morgan fingerprint density at radius 2 is 1.82 bits per heavy atom. The number of hydrogen-bond acceptors (Lipinski definition) is 9. The smallest absolute Gasteiger partial charge is 0.320 e. The van der Waals surface area contributed by atoms with Crippen LogP contribution in [0.15, 0.2) is 59.5 Å². The molecule has 2 aliphatic heterocycles. The number of nitrogens with two attached hydrogens (primary N) is 1. The zero-order valence-electron chi connectivity index (χ0n) is 21.9. The third kappa shape index (κ3) is 7.12. The fourth-order valence-corrected chi connectivity index (χ4v) is 7.08. The number of hydrogen-bond donors (Lipinski definition) is 2. The maximum atomic E-state index is 13.6. The van der Waals surface area contributed by atoms with Crippen LogP contribution in [-0.4, -0.2) is 68.0 Å². The number of nitrogen functional groups attached to an aromatic ring is 1. The second kappa shape index (κ2) is 12.6. The van der Waals surface area contributed by atoms with Gasteiger partial charge in [0.1, 0.15) is 12.3 Å². The molecule has 38 heavy (non-hydrogen) atoms. The number of sulfone groups is 1. The van der Waals surface area contributed by atoms with Gasteiger partial charge in [-0.3, -0.25) is 9.69 Å². The van der Waals surface area contributed by atoms with Gasteiger partial charge in [-0.15, -0.1) is 0 Å². The summed E-state index contributed by atoms with van der Waals surface area (Å²) in [5, 5.41) is 10.5. The SMILES string of the molecule is CC(C)CC(C[C@@H](O)N(CC(=O)O[C@H]1CO[C@H]2OCC[C@H]21)Cc1ccccc1)S(=O)(=O)c1ccc(N)cc1. The number of anilines is 1.